The molecule has 1 aliphatic rings. The summed E-state index contributed by atoms with van der Waals surface area (Å²) in [4.78, 5) is 0. The monoisotopic (exact) mass is 341 g/mol. The normalized spacial score (nSPS) is 22.9. The van der Waals surface area contributed by atoms with Gasteiger partial charge in [-0.2, -0.15) is 0 Å². The fraction of sp³-hybridized carbons (Fsp3) is 0.647. The summed E-state index contributed by atoms with van der Waals surface area (Å²) < 4.78 is 13.9. The van der Waals surface area contributed by atoms with Gasteiger partial charge in [0.05, 0.1) is 4.47 Å². The van der Waals surface area contributed by atoms with Crippen molar-refractivity contribution < 1.29 is 4.39 Å². The van der Waals surface area contributed by atoms with E-state index in [2.05, 4.69) is 28.2 Å². The first-order valence-electron chi connectivity index (χ1n) is 7.85. The number of hydrogen-bond donors (Lipinski definition) is 1. The molecule has 112 valence electrons. The zero-order valence-electron chi connectivity index (χ0n) is 12.3. The quantitative estimate of drug-likeness (QED) is 0.723. The molecule has 1 aromatic carbocycles. The van der Waals surface area contributed by atoms with Crippen molar-refractivity contribution in [1.82, 2.24) is 5.32 Å². The maximum Gasteiger partial charge on any atom is 0.137 e. The van der Waals surface area contributed by atoms with Gasteiger partial charge in [0.1, 0.15) is 5.82 Å². The molecule has 0 bridgehead atoms. The van der Waals surface area contributed by atoms with Gasteiger partial charge in [0.15, 0.2) is 0 Å². The van der Waals surface area contributed by atoms with E-state index in [1.165, 1.54) is 37.7 Å². The van der Waals surface area contributed by atoms with Crippen molar-refractivity contribution in [1.29, 1.82) is 0 Å². The fourth-order valence-electron chi connectivity index (χ4n) is 3.26. The van der Waals surface area contributed by atoms with Crippen LogP contribution in [0, 0.1) is 17.7 Å². The highest BCUT2D eigenvalue weighted by molar-refractivity contribution is 9.10. The summed E-state index contributed by atoms with van der Waals surface area (Å²) in [7, 11) is 0. The highest BCUT2D eigenvalue weighted by Gasteiger charge is 2.25. The Morgan fingerprint density at radius 1 is 1.25 bits per heavy atom. The molecule has 2 unspecified atom stereocenters. The number of halogens is 2. The molecule has 20 heavy (non-hydrogen) atoms. The first-order chi connectivity index (χ1) is 9.70. The second kappa shape index (κ2) is 8.14. The average molecular weight is 342 g/mol. The smallest absolute Gasteiger partial charge is 0.137 e. The van der Waals surface area contributed by atoms with Crippen molar-refractivity contribution in [3.8, 4) is 0 Å². The summed E-state index contributed by atoms with van der Waals surface area (Å²) in [5, 5.41) is 3.57. The minimum absolute atomic E-state index is 0.168. The van der Waals surface area contributed by atoms with Crippen molar-refractivity contribution in [2.24, 2.45) is 11.8 Å². The molecule has 0 aromatic heterocycles. The standard InChI is InChI=1S/C17H25BrFN/c1-2-9-20-12-15-6-4-3-5-14(15)10-13-7-8-17(19)16(18)11-13/h7-8,11,14-15,20H,2-6,9-10,12H2,1H3. The SMILES string of the molecule is CCCNCC1CCCCC1Cc1ccc(F)c(Br)c1. The Morgan fingerprint density at radius 3 is 2.70 bits per heavy atom. The summed E-state index contributed by atoms with van der Waals surface area (Å²) in [6.07, 6.45) is 7.64. The van der Waals surface area contributed by atoms with E-state index in [9.17, 15) is 4.39 Å². The summed E-state index contributed by atoms with van der Waals surface area (Å²) in [6, 6.07) is 5.46. The largest absolute Gasteiger partial charge is 0.316 e. The maximum atomic E-state index is 13.3. The van der Waals surface area contributed by atoms with Gasteiger partial charge in [0.2, 0.25) is 0 Å². The van der Waals surface area contributed by atoms with E-state index >= 15 is 0 Å². The summed E-state index contributed by atoms with van der Waals surface area (Å²) >= 11 is 3.29. The van der Waals surface area contributed by atoms with E-state index in [4.69, 9.17) is 0 Å². The minimum atomic E-state index is -0.168. The van der Waals surface area contributed by atoms with Gasteiger partial charge >= 0.3 is 0 Å². The molecule has 0 aliphatic heterocycles. The van der Waals surface area contributed by atoms with Gasteiger partial charge in [0, 0.05) is 0 Å². The Morgan fingerprint density at radius 2 is 2.00 bits per heavy atom. The van der Waals surface area contributed by atoms with E-state index in [0.717, 1.165) is 31.3 Å². The fourth-order valence-corrected chi connectivity index (χ4v) is 3.68. The van der Waals surface area contributed by atoms with Gasteiger partial charge in [0.25, 0.3) is 0 Å². The molecule has 1 N–H and O–H groups in total. The third kappa shape index (κ3) is 4.56. The third-order valence-corrected chi connectivity index (χ3v) is 4.99. The van der Waals surface area contributed by atoms with Crippen LogP contribution in [-0.2, 0) is 6.42 Å². The molecular formula is C17H25BrFN. The highest BCUT2D eigenvalue weighted by atomic mass is 79.9. The minimum Gasteiger partial charge on any atom is -0.316 e. The van der Waals surface area contributed by atoms with E-state index in [1.807, 2.05) is 12.1 Å². The molecule has 1 aliphatic carbocycles. The third-order valence-electron chi connectivity index (χ3n) is 4.38. The number of nitrogens with one attached hydrogen (secondary N) is 1. The lowest BCUT2D eigenvalue weighted by Crippen LogP contribution is -2.32. The molecule has 0 spiro atoms. The lowest BCUT2D eigenvalue weighted by Gasteiger charge is -2.32. The van der Waals surface area contributed by atoms with Crippen molar-refractivity contribution in [2.45, 2.75) is 45.4 Å². The molecule has 0 saturated heterocycles. The Labute approximate surface area is 130 Å². The number of benzene rings is 1. The predicted molar refractivity (Wildman–Crippen MR) is 86.4 cm³/mol. The first-order valence-corrected chi connectivity index (χ1v) is 8.64. The second-order valence-electron chi connectivity index (χ2n) is 5.96. The molecule has 3 heteroatoms. The van der Waals surface area contributed by atoms with Crippen LogP contribution in [0.5, 0.6) is 0 Å². The Kier molecular flexibility index (Phi) is 6.50. The molecule has 2 rings (SSSR count). The van der Waals surface area contributed by atoms with Gasteiger partial charge in [-0.1, -0.05) is 25.8 Å². The van der Waals surface area contributed by atoms with Crippen molar-refractivity contribution in [3.05, 3.63) is 34.1 Å². The predicted octanol–water partition coefficient (Wildman–Crippen LogP) is 4.94. The van der Waals surface area contributed by atoms with Crippen LogP contribution in [0.1, 0.15) is 44.6 Å². The molecule has 0 amide bonds. The lowest BCUT2D eigenvalue weighted by molar-refractivity contribution is 0.229. The number of rotatable bonds is 6. The molecule has 1 saturated carbocycles. The van der Waals surface area contributed by atoms with Crippen LogP contribution in [0.3, 0.4) is 0 Å². The molecule has 2 atom stereocenters. The van der Waals surface area contributed by atoms with Crippen molar-refractivity contribution in [2.75, 3.05) is 13.1 Å². The second-order valence-corrected chi connectivity index (χ2v) is 6.82. The van der Waals surface area contributed by atoms with Gasteiger partial charge in [-0.3, -0.25) is 0 Å². The van der Waals surface area contributed by atoms with Crippen LogP contribution in [0.15, 0.2) is 22.7 Å². The summed E-state index contributed by atoms with van der Waals surface area (Å²) in [5.41, 5.74) is 1.26. The molecule has 1 nitrogen and oxygen atoms in total. The first kappa shape index (κ1) is 16.0. The van der Waals surface area contributed by atoms with Gasteiger partial charge in [-0.05, 0) is 84.2 Å². The zero-order chi connectivity index (χ0) is 14.4. The van der Waals surface area contributed by atoms with E-state index in [0.29, 0.717) is 4.47 Å². The average Bonchev–Trinajstić information content (AvgIpc) is 2.45. The van der Waals surface area contributed by atoms with Crippen molar-refractivity contribution in [3.63, 3.8) is 0 Å². The van der Waals surface area contributed by atoms with Crippen LogP contribution in [0.2, 0.25) is 0 Å². The Bertz CT molecular complexity index is 421. The number of hydrogen-bond acceptors (Lipinski definition) is 1. The van der Waals surface area contributed by atoms with Crippen LogP contribution in [0.4, 0.5) is 4.39 Å². The van der Waals surface area contributed by atoms with Gasteiger partial charge in [-0.25, -0.2) is 4.39 Å². The van der Waals surface area contributed by atoms with Crippen LogP contribution >= 0.6 is 15.9 Å². The van der Waals surface area contributed by atoms with E-state index < -0.39 is 0 Å². The molecule has 0 heterocycles. The highest BCUT2D eigenvalue weighted by Crippen LogP contribution is 2.33. The van der Waals surface area contributed by atoms with Gasteiger partial charge < -0.3 is 5.32 Å². The Hall–Kier alpha value is -0.410. The summed E-state index contributed by atoms with van der Waals surface area (Å²) in [6.45, 7) is 4.47. The molecule has 1 fully saturated rings. The molecular weight excluding hydrogens is 317 g/mol. The lowest BCUT2D eigenvalue weighted by atomic mass is 9.76. The van der Waals surface area contributed by atoms with Gasteiger partial charge in [-0.15, -0.1) is 0 Å². The summed E-state index contributed by atoms with van der Waals surface area (Å²) in [5.74, 6) is 1.35. The maximum absolute atomic E-state index is 13.3. The van der Waals surface area contributed by atoms with E-state index in [-0.39, 0.29) is 5.82 Å². The topological polar surface area (TPSA) is 12.0 Å². The van der Waals surface area contributed by atoms with Crippen LogP contribution in [-0.4, -0.2) is 13.1 Å². The van der Waals surface area contributed by atoms with E-state index in [1.54, 1.807) is 6.07 Å². The zero-order valence-corrected chi connectivity index (χ0v) is 13.9. The van der Waals surface area contributed by atoms with Crippen LogP contribution < -0.4 is 5.32 Å². The molecule has 0 radical (unpaired) electrons. The van der Waals surface area contributed by atoms with Crippen molar-refractivity contribution >= 4 is 15.9 Å². The Balaban J connectivity index is 1.95. The molecule has 1 aromatic rings. The van der Waals surface area contributed by atoms with Crippen LogP contribution in [0.25, 0.3) is 0 Å².